The first-order chi connectivity index (χ1) is 7.16. The minimum absolute atomic E-state index is 0.367. The van der Waals surface area contributed by atoms with Crippen LogP contribution < -0.4 is 10.6 Å². The highest BCUT2D eigenvalue weighted by Crippen LogP contribution is 2.21. The molecule has 1 atom stereocenters. The number of anilines is 1. The molecule has 0 amide bonds. The van der Waals surface area contributed by atoms with Crippen molar-refractivity contribution < 1.29 is 0 Å². The largest absolute Gasteiger partial charge is 0.363 e. The summed E-state index contributed by atoms with van der Waals surface area (Å²) >= 11 is 0. The first-order valence-corrected chi connectivity index (χ1v) is 5.35. The Labute approximate surface area is 88.5 Å². The Balaban J connectivity index is 2.27. The van der Waals surface area contributed by atoms with Gasteiger partial charge >= 0.3 is 5.69 Å². The van der Waals surface area contributed by atoms with Crippen LogP contribution >= 0.6 is 0 Å². The van der Waals surface area contributed by atoms with E-state index in [1.54, 1.807) is 0 Å². The molecule has 1 aromatic heterocycles. The number of aryl methyl sites for hydroxylation is 1. The van der Waals surface area contributed by atoms with E-state index in [0.29, 0.717) is 5.92 Å². The topological polar surface area (TPSA) is 61.9 Å². The molecule has 1 aromatic rings. The van der Waals surface area contributed by atoms with Crippen LogP contribution in [0, 0.1) is 12.8 Å². The molecular formula is C10H16N4O. The highest BCUT2D eigenvalue weighted by Gasteiger charge is 2.19. The molecule has 1 N–H and O–H groups in total. The van der Waals surface area contributed by atoms with Crippen molar-refractivity contribution in [2.45, 2.75) is 26.7 Å². The van der Waals surface area contributed by atoms with Gasteiger partial charge in [0.25, 0.3) is 0 Å². The fraction of sp³-hybridized carbons (Fsp3) is 0.700. The van der Waals surface area contributed by atoms with E-state index >= 15 is 0 Å². The zero-order valence-electron chi connectivity index (χ0n) is 9.16. The Kier molecular flexibility index (Phi) is 2.70. The molecule has 1 saturated heterocycles. The maximum absolute atomic E-state index is 11.1. The molecule has 0 bridgehead atoms. The number of nitrogens with one attached hydrogen (secondary N) is 1. The number of aromatic amines is 1. The van der Waals surface area contributed by atoms with E-state index in [-0.39, 0.29) is 5.69 Å². The number of H-pyrrole nitrogens is 1. The zero-order chi connectivity index (χ0) is 10.8. The van der Waals surface area contributed by atoms with E-state index in [9.17, 15) is 4.79 Å². The van der Waals surface area contributed by atoms with Crippen LogP contribution in [0.25, 0.3) is 0 Å². The van der Waals surface area contributed by atoms with Crippen LogP contribution in [0.5, 0.6) is 0 Å². The Morgan fingerprint density at radius 3 is 3.07 bits per heavy atom. The van der Waals surface area contributed by atoms with Gasteiger partial charge in [-0.2, -0.15) is 10.1 Å². The third kappa shape index (κ3) is 2.16. The maximum atomic E-state index is 11.1. The lowest BCUT2D eigenvalue weighted by atomic mass is 10.0. The third-order valence-electron chi connectivity index (χ3n) is 2.81. The van der Waals surface area contributed by atoms with E-state index in [1.165, 1.54) is 6.42 Å². The van der Waals surface area contributed by atoms with Gasteiger partial charge in [0.05, 0.1) is 0 Å². The fourth-order valence-electron chi connectivity index (χ4n) is 2.07. The molecule has 5 nitrogen and oxygen atoms in total. The van der Waals surface area contributed by atoms with Gasteiger partial charge in [-0.3, -0.25) is 0 Å². The summed E-state index contributed by atoms with van der Waals surface area (Å²) in [5, 5.41) is 6.28. The molecule has 1 unspecified atom stereocenters. The normalized spacial score (nSPS) is 21.7. The summed E-state index contributed by atoms with van der Waals surface area (Å²) in [6.07, 6.45) is 2.42. The lowest BCUT2D eigenvalue weighted by Gasteiger charge is -2.31. The lowest BCUT2D eigenvalue weighted by Crippen LogP contribution is -2.36. The molecule has 0 aliphatic carbocycles. The highest BCUT2D eigenvalue weighted by molar-refractivity contribution is 5.41. The molecule has 1 fully saturated rings. The summed E-state index contributed by atoms with van der Waals surface area (Å²) < 4.78 is 0. The van der Waals surface area contributed by atoms with Crippen molar-refractivity contribution in [1.82, 2.24) is 15.2 Å². The summed E-state index contributed by atoms with van der Waals surface area (Å²) in [5.41, 5.74) is 0.428. The molecule has 0 radical (unpaired) electrons. The number of piperidine rings is 1. The van der Waals surface area contributed by atoms with Crippen LogP contribution in [0.2, 0.25) is 0 Å². The Morgan fingerprint density at radius 2 is 2.33 bits per heavy atom. The average molecular weight is 208 g/mol. The Hall–Kier alpha value is -1.39. The van der Waals surface area contributed by atoms with Crippen LogP contribution in [-0.2, 0) is 0 Å². The van der Waals surface area contributed by atoms with Gasteiger partial charge in [-0.05, 0) is 25.7 Å². The zero-order valence-corrected chi connectivity index (χ0v) is 9.16. The molecule has 15 heavy (non-hydrogen) atoms. The fourth-order valence-corrected chi connectivity index (χ4v) is 2.07. The second-order valence-corrected chi connectivity index (χ2v) is 4.24. The number of hydrogen-bond donors (Lipinski definition) is 1. The van der Waals surface area contributed by atoms with Gasteiger partial charge in [-0.25, -0.2) is 9.89 Å². The second-order valence-electron chi connectivity index (χ2n) is 4.24. The standard InChI is InChI=1S/C10H16N4O/c1-7-4-3-5-14(6-7)9-8(2)12-13-10(15)11-9/h7H,3-6H2,1-2H3,(H,11,13,15). The molecule has 0 saturated carbocycles. The van der Waals surface area contributed by atoms with E-state index in [2.05, 4.69) is 27.0 Å². The van der Waals surface area contributed by atoms with Gasteiger partial charge in [0.2, 0.25) is 0 Å². The smallest absolute Gasteiger partial charge is 0.355 e. The average Bonchev–Trinajstić information content (AvgIpc) is 2.22. The van der Waals surface area contributed by atoms with Crippen LogP contribution in [0.3, 0.4) is 0 Å². The summed E-state index contributed by atoms with van der Waals surface area (Å²) in [5.74, 6) is 1.41. The van der Waals surface area contributed by atoms with Crippen molar-refractivity contribution in [3.05, 3.63) is 16.2 Å². The van der Waals surface area contributed by atoms with Crippen molar-refractivity contribution in [2.24, 2.45) is 5.92 Å². The molecule has 5 heteroatoms. The van der Waals surface area contributed by atoms with Crippen molar-refractivity contribution in [3.63, 3.8) is 0 Å². The van der Waals surface area contributed by atoms with E-state index in [4.69, 9.17) is 0 Å². The van der Waals surface area contributed by atoms with Gasteiger partial charge in [0, 0.05) is 13.1 Å². The lowest BCUT2D eigenvalue weighted by molar-refractivity contribution is 0.443. The van der Waals surface area contributed by atoms with Crippen LogP contribution in [0.15, 0.2) is 4.79 Å². The molecule has 82 valence electrons. The monoisotopic (exact) mass is 208 g/mol. The highest BCUT2D eigenvalue weighted by atomic mass is 16.1. The molecular weight excluding hydrogens is 192 g/mol. The summed E-state index contributed by atoms with van der Waals surface area (Å²) in [6.45, 7) is 6.04. The van der Waals surface area contributed by atoms with Crippen LogP contribution in [0.1, 0.15) is 25.5 Å². The SMILES string of the molecule is Cc1n[nH]c(=O)nc1N1CCCC(C)C1. The van der Waals surface area contributed by atoms with Crippen molar-refractivity contribution >= 4 is 5.82 Å². The maximum Gasteiger partial charge on any atom is 0.363 e. The molecule has 1 aliphatic heterocycles. The van der Waals surface area contributed by atoms with Gasteiger partial charge in [-0.1, -0.05) is 6.92 Å². The van der Waals surface area contributed by atoms with Gasteiger partial charge in [-0.15, -0.1) is 0 Å². The third-order valence-corrected chi connectivity index (χ3v) is 2.81. The van der Waals surface area contributed by atoms with Crippen molar-refractivity contribution in [2.75, 3.05) is 18.0 Å². The van der Waals surface area contributed by atoms with E-state index in [0.717, 1.165) is 31.0 Å². The van der Waals surface area contributed by atoms with Gasteiger partial charge in [0.1, 0.15) is 5.69 Å². The Morgan fingerprint density at radius 1 is 1.53 bits per heavy atom. The predicted molar refractivity (Wildman–Crippen MR) is 58.0 cm³/mol. The first-order valence-electron chi connectivity index (χ1n) is 5.35. The molecule has 0 spiro atoms. The van der Waals surface area contributed by atoms with E-state index in [1.807, 2.05) is 6.92 Å². The van der Waals surface area contributed by atoms with Gasteiger partial charge in [0.15, 0.2) is 5.82 Å². The molecule has 2 rings (SSSR count). The quantitative estimate of drug-likeness (QED) is 0.738. The minimum Gasteiger partial charge on any atom is -0.355 e. The first kappa shape index (κ1) is 10.1. The summed E-state index contributed by atoms with van der Waals surface area (Å²) in [7, 11) is 0. The number of aromatic nitrogens is 3. The number of nitrogens with zero attached hydrogens (tertiary/aromatic N) is 3. The Bertz CT molecular complexity index is 401. The van der Waals surface area contributed by atoms with Crippen molar-refractivity contribution in [3.8, 4) is 0 Å². The second kappa shape index (κ2) is 4.00. The minimum atomic E-state index is -0.367. The van der Waals surface area contributed by atoms with Crippen LogP contribution in [0.4, 0.5) is 5.82 Å². The molecule has 0 aromatic carbocycles. The van der Waals surface area contributed by atoms with E-state index < -0.39 is 0 Å². The number of rotatable bonds is 1. The predicted octanol–water partition coefficient (Wildman–Crippen LogP) is 0.710. The summed E-state index contributed by atoms with van der Waals surface area (Å²) in [6, 6.07) is 0. The number of hydrogen-bond acceptors (Lipinski definition) is 4. The molecule has 1 aliphatic rings. The summed E-state index contributed by atoms with van der Waals surface area (Å²) in [4.78, 5) is 17.3. The van der Waals surface area contributed by atoms with Gasteiger partial charge < -0.3 is 4.90 Å². The van der Waals surface area contributed by atoms with Crippen LogP contribution in [-0.4, -0.2) is 28.3 Å². The van der Waals surface area contributed by atoms with Crippen molar-refractivity contribution in [1.29, 1.82) is 0 Å². The molecule has 2 heterocycles.